The molecule has 4 aromatic rings. The van der Waals surface area contributed by atoms with E-state index >= 15 is 0 Å². The lowest BCUT2D eigenvalue weighted by Gasteiger charge is -2.07. The fourth-order valence-corrected chi connectivity index (χ4v) is 2.94. The number of benzene rings is 3. The molecule has 0 atom stereocenters. The van der Waals surface area contributed by atoms with Gasteiger partial charge in [0.2, 0.25) is 0 Å². The molecule has 0 saturated heterocycles. The summed E-state index contributed by atoms with van der Waals surface area (Å²) in [6.45, 7) is 0.314. The van der Waals surface area contributed by atoms with E-state index < -0.39 is 0 Å². The zero-order valence-electron chi connectivity index (χ0n) is 15.0. The van der Waals surface area contributed by atoms with Crippen LogP contribution in [0, 0.1) is 5.82 Å². The Balaban J connectivity index is 1.33. The number of carbonyl (C=O) groups is 1. The van der Waals surface area contributed by atoms with Crippen LogP contribution in [0.15, 0.2) is 79.1 Å². The van der Waals surface area contributed by atoms with E-state index in [1.807, 2.05) is 48.5 Å². The second kappa shape index (κ2) is 7.92. The number of rotatable bonds is 6. The Morgan fingerprint density at radius 1 is 1.04 bits per heavy atom. The molecular weight excluding hydrogens is 357 g/mol. The van der Waals surface area contributed by atoms with Crippen molar-refractivity contribution in [2.24, 2.45) is 0 Å². The smallest absolute Gasteiger partial charge is 0.262 e. The summed E-state index contributed by atoms with van der Waals surface area (Å²) in [7, 11) is 0. The molecule has 0 aliphatic carbocycles. The van der Waals surface area contributed by atoms with Crippen LogP contribution in [-0.4, -0.2) is 22.3 Å². The summed E-state index contributed by atoms with van der Waals surface area (Å²) in [5.41, 5.74) is 1.35. The van der Waals surface area contributed by atoms with Crippen molar-refractivity contribution in [2.75, 3.05) is 11.9 Å². The van der Waals surface area contributed by atoms with Crippen LogP contribution in [0.3, 0.4) is 0 Å². The molecule has 1 heterocycles. The van der Waals surface area contributed by atoms with Crippen LogP contribution in [0.25, 0.3) is 10.8 Å². The average Bonchev–Trinajstić information content (AvgIpc) is 3.13. The maximum absolute atomic E-state index is 13.3. The Hall–Kier alpha value is -3.67. The van der Waals surface area contributed by atoms with Crippen molar-refractivity contribution >= 4 is 22.4 Å². The maximum atomic E-state index is 13.3. The number of anilines is 1. The number of halogens is 1. The second-order valence-corrected chi connectivity index (χ2v) is 6.40. The molecule has 6 heteroatoms. The first-order valence-corrected chi connectivity index (χ1v) is 8.84. The molecule has 0 unspecified atom stereocenters. The zero-order chi connectivity index (χ0) is 19.3. The SMILES string of the molecule is O=C(COc1ccc2ccccc2c1)Nc1cnn(Cc2cccc(F)c2)c1. The van der Waals surface area contributed by atoms with Gasteiger partial charge in [0.1, 0.15) is 11.6 Å². The van der Waals surface area contributed by atoms with E-state index in [1.54, 1.807) is 23.1 Å². The molecule has 140 valence electrons. The van der Waals surface area contributed by atoms with E-state index in [0.29, 0.717) is 18.0 Å². The van der Waals surface area contributed by atoms with Crippen LogP contribution >= 0.6 is 0 Å². The molecule has 1 amide bonds. The van der Waals surface area contributed by atoms with Crippen molar-refractivity contribution in [3.8, 4) is 5.75 Å². The maximum Gasteiger partial charge on any atom is 0.262 e. The van der Waals surface area contributed by atoms with Gasteiger partial charge in [0.25, 0.3) is 5.91 Å². The summed E-state index contributed by atoms with van der Waals surface area (Å²) in [4.78, 5) is 12.1. The fourth-order valence-electron chi connectivity index (χ4n) is 2.94. The largest absolute Gasteiger partial charge is 0.484 e. The zero-order valence-corrected chi connectivity index (χ0v) is 15.0. The first-order chi connectivity index (χ1) is 13.7. The summed E-state index contributed by atoms with van der Waals surface area (Å²) < 4.78 is 20.5. The van der Waals surface area contributed by atoms with E-state index in [0.717, 1.165) is 16.3 Å². The minimum absolute atomic E-state index is 0.104. The Kier molecular flexibility index (Phi) is 5.01. The van der Waals surface area contributed by atoms with Gasteiger partial charge in [-0.05, 0) is 40.6 Å². The highest BCUT2D eigenvalue weighted by atomic mass is 19.1. The Morgan fingerprint density at radius 3 is 2.75 bits per heavy atom. The normalized spacial score (nSPS) is 10.8. The van der Waals surface area contributed by atoms with Gasteiger partial charge in [-0.25, -0.2) is 4.39 Å². The van der Waals surface area contributed by atoms with E-state index in [4.69, 9.17) is 4.74 Å². The molecule has 28 heavy (non-hydrogen) atoms. The first-order valence-electron chi connectivity index (χ1n) is 8.84. The number of amides is 1. The van der Waals surface area contributed by atoms with Crippen molar-refractivity contribution in [2.45, 2.75) is 6.54 Å². The minimum Gasteiger partial charge on any atom is -0.484 e. The van der Waals surface area contributed by atoms with Gasteiger partial charge in [-0.2, -0.15) is 5.10 Å². The number of hydrogen-bond acceptors (Lipinski definition) is 3. The van der Waals surface area contributed by atoms with Crippen LogP contribution in [0.5, 0.6) is 5.75 Å². The number of nitrogens with zero attached hydrogens (tertiary/aromatic N) is 2. The average molecular weight is 375 g/mol. The summed E-state index contributed by atoms with van der Waals surface area (Å²) in [6, 6.07) is 20.0. The van der Waals surface area contributed by atoms with Crippen molar-refractivity contribution in [3.05, 3.63) is 90.5 Å². The van der Waals surface area contributed by atoms with Gasteiger partial charge < -0.3 is 10.1 Å². The molecule has 3 aromatic carbocycles. The van der Waals surface area contributed by atoms with E-state index in [2.05, 4.69) is 10.4 Å². The molecule has 4 rings (SSSR count). The minimum atomic E-state index is -0.288. The van der Waals surface area contributed by atoms with Crippen LogP contribution in [-0.2, 0) is 11.3 Å². The van der Waals surface area contributed by atoms with Crippen LogP contribution < -0.4 is 10.1 Å². The number of fused-ring (bicyclic) bond motifs is 1. The Bertz CT molecular complexity index is 1120. The van der Waals surface area contributed by atoms with Gasteiger partial charge >= 0.3 is 0 Å². The van der Waals surface area contributed by atoms with Crippen molar-refractivity contribution in [1.82, 2.24) is 9.78 Å². The summed E-state index contributed by atoms with van der Waals surface area (Å²) in [5.74, 6) is 0.0677. The van der Waals surface area contributed by atoms with Crippen LogP contribution in [0.1, 0.15) is 5.56 Å². The third-order valence-electron chi connectivity index (χ3n) is 4.24. The highest BCUT2D eigenvalue weighted by Gasteiger charge is 2.07. The molecule has 5 nitrogen and oxygen atoms in total. The lowest BCUT2D eigenvalue weighted by Crippen LogP contribution is -2.19. The molecule has 0 saturated carbocycles. The highest BCUT2D eigenvalue weighted by molar-refractivity contribution is 5.91. The third kappa shape index (κ3) is 4.35. The summed E-state index contributed by atoms with van der Waals surface area (Å²) in [5, 5.41) is 9.10. The molecule has 1 aromatic heterocycles. The van der Waals surface area contributed by atoms with Gasteiger partial charge in [0.15, 0.2) is 6.61 Å². The molecule has 0 aliphatic rings. The monoisotopic (exact) mass is 375 g/mol. The summed E-state index contributed by atoms with van der Waals surface area (Å²) >= 11 is 0. The topological polar surface area (TPSA) is 56.1 Å². The van der Waals surface area contributed by atoms with Gasteiger partial charge in [0, 0.05) is 6.20 Å². The predicted molar refractivity (Wildman–Crippen MR) is 106 cm³/mol. The van der Waals surface area contributed by atoms with E-state index in [1.165, 1.54) is 12.1 Å². The van der Waals surface area contributed by atoms with Crippen LogP contribution in [0.4, 0.5) is 10.1 Å². The van der Waals surface area contributed by atoms with Gasteiger partial charge in [-0.1, -0.05) is 42.5 Å². The molecule has 0 aliphatic heterocycles. The number of carbonyl (C=O) groups excluding carboxylic acids is 1. The van der Waals surface area contributed by atoms with Crippen molar-refractivity contribution in [3.63, 3.8) is 0 Å². The number of ether oxygens (including phenoxy) is 1. The Morgan fingerprint density at radius 2 is 1.89 bits per heavy atom. The van der Waals surface area contributed by atoms with Gasteiger partial charge in [-0.3, -0.25) is 9.48 Å². The molecule has 0 fully saturated rings. The van der Waals surface area contributed by atoms with E-state index in [-0.39, 0.29) is 18.3 Å². The second-order valence-electron chi connectivity index (χ2n) is 6.40. The number of aromatic nitrogens is 2. The van der Waals surface area contributed by atoms with Crippen molar-refractivity contribution in [1.29, 1.82) is 0 Å². The summed E-state index contributed by atoms with van der Waals surface area (Å²) in [6.07, 6.45) is 3.24. The highest BCUT2D eigenvalue weighted by Crippen LogP contribution is 2.20. The van der Waals surface area contributed by atoms with Crippen molar-refractivity contribution < 1.29 is 13.9 Å². The number of nitrogens with one attached hydrogen (secondary N) is 1. The molecule has 0 radical (unpaired) electrons. The quantitative estimate of drug-likeness (QED) is 0.548. The lowest BCUT2D eigenvalue weighted by molar-refractivity contribution is -0.118. The third-order valence-corrected chi connectivity index (χ3v) is 4.24. The fraction of sp³-hybridized carbons (Fsp3) is 0.0909. The predicted octanol–water partition coefficient (Wildman–Crippen LogP) is 4.24. The Labute approximate surface area is 161 Å². The molecular formula is C22H18FN3O2. The van der Waals surface area contributed by atoms with E-state index in [9.17, 15) is 9.18 Å². The lowest BCUT2D eigenvalue weighted by atomic mass is 10.1. The number of hydrogen-bond donors (Lipinski definition) is 1. The molecule has 0 bridgehead atoms. The van der Waals surface area contributed by atoms with Gasteiger partial charge in [-0.15, -0.1) is 0 Å². The standard InChI is InChI=1S/C22H18FN3O2/c23-19-7-3-4-16(10-19)13-26-14-20(12-24-26)25-22(27)15-28-21-9-8-17-5-1-2-6-18(17)11-21/h1-12,14H,13,15H2,(H,25,27). The molecule has 1 N–H and O–H groups in total. The van der Waals surface area contributed by atoms with Gasteiger partial charge in [0.05, 0.1) is 18.4 Å². The molecule has 0 spiro atoms. The first kappa shape index (κ1) is 17.7. The van der Waals surface area contributed by atoms with Crippen LogP contribution in [0.2, 0.25) is 0 Å².